The summed E-state index contributed by atoms with van der Waals surface area (Å²) in [5.74, 6) is -0.235. The molecule has 2 aromatic rings. The first-order valence-electron chi connectivity index (χ1n) is 9.53. The van der Waals surface area contributed by atoms with Crippen LogP contribution >= 0.6 is 0 Å². The van der Waals surface area contributed by atoms with Gasteiger partial charge in [0.25, 0.3) is 0 Å². The third-order valence-corrected chi connectivity index (χ3v) is 5.86. The topological polar surface area (TPSA) is 55.6 Å². The fourth-order valence-electron chi connectivity index (χ4n) is 4.53. The Balaban J connectivity index is 1.57. The summed E-state index contributed by atoms with van der Waals surface area (Å²) < 4.78 is 5.41. The molecule has 1 saturated heterocycles. The van der Waals surface area contributed by atoms with Gasteiger partial charge in [-0.1, -0.05) is 55.0 Å². The molecule has 1 aliphatic heterocycles. The first-order valence-corrected chi connectivity index (χ1v) is 9.53. The highest BCUT2D eigenvalue weighted by Gasteiger charge is 2.47. The van der Waals surface area contributed by atoms with Crippen molar-refractivity contribution in [2.24, 2.45) is 5.73 Å². The summed E-state index contributed by atoms with van der Waals surface area (Å²) in [4.78, 5) is 15.2. The Morgan fingerprint density at radius 1 is 0.962 bits per heavy atom. The zero-order valence-corrected chi connectivity index (χ0v) is 15.1. The molecule has 4 rings (SSSR count). The molecule has 2 N–H and O–H groups in total. The zero-order chi connectivity index (χ0) is 18.0. The molecular formula is C22H26N2O2. The van der Waals surface area contributed by atoms with E-state index < -0.39 is 5.41 Å². The lowest BCUT2D eigenvalue weighted by Gasteiger charge is -2.30. The van der Waals surface area contributed by atoms with Crippen LogP contribution in [0.2, 0.25) is 0 Å². The van der Waals surface area contributed by atoms with Gasteiger partial charge in [-0.3, -0.25) is 9.69 Å². The SMILES string of the molecule is NC(=O)C1(CCCCN2CCOCC2)c2ccccc2-c2ccccc21. The van der Waals surface area contributed by atoms with Gasteiger partial charge in [0.1, 0.15) is 0 Å². The number of rotatable bonds is 6. The van der Waals surface area contributed by atoms with E-state index in [1.54, 1.807) is 0 Å². The van der Waals surface area contributed by atoms with Crippen LogP contribution in [0.5, 0.6) is 0 Å². The molecule has 136 valence electrons. The van der Waals surface area contributed by atoms with Crippen molar-refractivity contribution < 1.29 is 9.53 Å². The summed E-state index contributed by atoms with van der Waals surface area (Å²) in [6, 6.07) is 16.4. The third-order valence-electron chi connectivity index (χ3n) is 5.86. The second-order valence-corrected chi connectivity index (χ2v) is 7.27. The van der Waals surface area contributed by atoms with Gasteiger partial charge in [-0.25, -0.2) is 0 Å². The van der Waals surface area contributed by atoms with Gasteiger partial charge in [0, 0.05) is 13.1 Å². The molecule has 1 heterocycles. The first-order chi connectivity index (χ1) is 12.7. The Kier molecular flexibility index (Phi) is 4.79. The average molecular weight is 350 g/mol. The predicted molar refractivity (Wildman–Crippen MR) is 103 cm³/mol. The molecule has 4 heteroatoms. The number of fused-ring (bicyclic) bond motifs is 3. The minimum atomic E-state index is -0.696. The molecule has 1 fully saturated rings. The summed E-state index contributed by atoms with van der Waals surface area (Å²) in [7, 11) is 0. The van der Waals surface area contributed by atoms with Gasteiger partial charge in [0.15, 0.2) is 0 Å². The van der Waals surface area contributed by atoms with E-state index in [0.717, 1.165) is 74.4 Å². The van der Waals surface area contributed by atoms with E-state index in [1.807, 2.05) is 24.3 Å². The highest BCUT2D eigenvalue weighted by atomic mass is 16.5. The van der Waals surface area contributed by atoms with Crippen molar-refractivity contribution >= 4 is 5.91 Å². The average Bonchev–Trinajstić information content (AvgIpc) is 2.98. The van der Waals surface area contributed by atoms with E-state index in [0.29, 0.717) is 0 Å². The Morgan fingerprint density at radius 3 is 2.12 bits per heavy atom. The number of nitrogens with zero attached hydrogens (tertiary/aromatic N) is 1. The van der Waals surface area contributed by atoms with Gasteiger partial charge < -0.3 is 10.5 Å². The van der Waals surface area contributed by atoms with Crippen LogP contribution in [0.4, 0.5) is 0 Å². The van der Waals surface area contributed by atoms with Gasteiger partial charge in [0.05, 0.1) is 18.6 Å². The summed E-state index contributed by atoms with van der Waals surface area (Å²) in [6.07, 6.45) is 2.81. The predicted octanol–water partition coefficient (Wildman–Crippen LogP) is 2.94. The molecule has 2 aromatic carbocycles. The quantitative estimate of drug-likeness (QED) is 0.815. The molecule has 2 aliphatic rings. The van der Waals surface area contributed by atoms with Crippen LogP contribution in [-0.2, 0) is 14.9 Å². The van der Waals surface area contributed by atoms with E-state index in [2.05, 4.69) is 29.2 Å². The largest absolute Gasteiger partial charge is 0.379 e. The lowest BCUT2D eigenvalue weighted by atomic mass is 9.73. The van der Waals surface area contributed by atoms with Crippen molar-refractivity contribution in [1.82, 2.24) is 4.90 Å². The molecule has 0 radical (unpaired) electrons. The lowest BCUT2D eigenvalue weighted by molar-refractivity contribution is -0.122. The summed E-state index contributed by atoms with van der Waals surface area (Å²) >= 11 is 0. The van der Waals surface area contributed by atoms with Gasteiger partial charge in [-0.15, -0.1) is 0 Å². The van der Waals surface area contributed by atoms with E-state index in [4.69, 9.17) is 10.5 Å². The number of hydrogen-bond acceptors (Lipinski definition) is 3. The Morgan fingerprint density at radius 2 is 1.54 bits per heavy atom. The van der Waals surface area contributed by atoms with Crippen molar-refractivity contribution in [3.63, 3.8) is 0 Å². The molecule has 0 bridgehead atoms. The number of unbranched alkanes of at least 4 members (excludes halogenated alkanes) is 1. The van der Waals surface area contributed by atoms with Crippen LogP contribution in [0.3, 0.4) is 0 Å². The molecule has 4 nitrogen and oxygen atoms in total. The molecule has 0 saturated carbocycles. The minimum absolute atomic E-state index is 0.235. The van der Waals surface area contributed by atoms with Crippen LogP contribution in [0, 0.1) is 0 Å². The van der Waals surface area contributed by atoms with Gasteiger partial charge in [0.2, 0.25) is 5.91 Å². The Bertz CT molecular complexity index is 751. The highest BCUT2D eigenvalue weighted by molar-refractivity contribution is 5.99. The fourth-order valence-corrected chi connectivity index (χ4v) is 4.53. The van der Waals surface area contributed by atoms with Crippen LogP contribution in [0.1, 0.15) is 30.4 Å². The van der Waals surface area contributed by atoms with Crippen LogP contribution in [0.25, 0.3) is 11.1 Å². The van der Waals surface area contributed by atoms with Crippen LogP contribution < -0.4 is 5.73 Å². The smallest absolute Gasteiger partial charge is 0.232 e. The number of amides is 1. The maximum atomic E-state index is 12.7. The lowest BCUT2D eigenvalue weighted by Crippen LogP contribution is -2.41. The normalized spacial score (nSPS) is 18.3. The maximum Gasteiger partial charge on any atom is 0.232 e. The third kappa shape index (κ3) is 2.83. The van der Waals surface area contributed by atoms with E-state index in [-0.39, 0.29) is 5.91 Å². The van der Waals surface area contributed by atoms with E-state index in [9.17, 15) is 4.79 Å². The molecule has 26 heavy (non-hydrogen) atoms. The molecule has 1 amide bonds. The molecule has 0 spiro atoms. The summed E-state index contributed by atoms with van der Waals surface area (Å²) in [5, 5.41) is 0. The molecule has 0 aromatic heterocycles. The molecule has 0 atom stereocenters. The Hall–Kier alpha value is -2.17. The zero-order valence-electron chi connectivity index (χ0n) is 15.1. The number of primary amides is 1. The number of carbonyl (C=O) groups excluding carboxylic acids is 1. The van der Waals surface area contributed by atoms with Gasteiger partial charge in [-0.05, 0) is 41.6 Å². The summed E-state index contributed by atoms with van der Waals surface area (Å²) in [6.45, 7) is 4.72. The van der Waals surface area contributed by atoms with E-state index >= 15 is 0 Å². The number of carbonyl (C=O) groups is 1. The van der Waals surface area contributed by atoms with Gasteiger partial charge >= 0.3 is 0 Å². The fraction of sp³-hybridized carbons (Fsp3) is 0.409. The maximum absolute atomic E-state index is 12.7. The minimum Gasteiger partial charge on any atom is -0.379 e. The van der Waals surface area contributed by atoms with Gasteiger partial charge in [-0.2, -0.15) is 0 Å². The Labute approximate surface area is 155 Å². The van der Waals surface area contributed by atoms with Crippen molar-refractivity contribution in [1.29, 1.82) is 0 Å². The number of ether oxygens (including phenoxy) is 1. The second kappa shape index (κ2) is 7.22. The number of morpholine rings is 1. The number of benzene rings is 2. The second-order valence-electron chi connectivity index (χ2n) is 7.27. The molecule has 1 aliphatic carbocycles. The highest BCUT2D eigenvalue weighted by Crippen LogP contribution is 2.51. The molecule has 0 unspecified atom stereocenters. The van der Waals surface area contributed by atoms with E-state index in [1.165, 1.54) is 0 Å². The van der Waals surface area contributed by atoms with Crippen molar-refractivity contribution in [2.45, 2.75) is 24.7 Å². The first kappa shape index (κ1) is 17.3. The van der Waals surface area contributed by atoms with Crippen molar-refractivity contribution in [3.8, 4) is 11.1 Å². The van der Waals surface area contributed by atoms with Crippen LogP contribution in [0.15, 0.2) is 48.5 Å². The van der Waals surface area contributed by atoms with Crippen molar-refractivity contribution in [3.05, 3.63) is 59.7 Å². The standard InChI is InChI=1S/C22H26N2O2/c23-21(25)22(11-5-6-12-24-13-15-26-16-14-24)19-9-3-1-7-17(19)18-8-2-4-10-20(18)22/h1-4,7-10H,5-6,11-16H2,(H2,23,25). The monoisotopic (exact) mass is 350 g/mol. The number of nitrogens with two attached hydrogens (primary N) is 1. The van der Waals surface area contributed by atoms with Crippen LogP contribution in [-0.4, -0.2) is 43.7 Å². The van der Waals surface area contributed by atoms with Crippen molar-refractivity contribution in [2.75, 3.05) is 32.8 Å². The number of hydrogen-bond donors (Lipinski definition) is 1. The summed E-state index contributed by atoms with van der Waals surface area (Å²) in [5.41, 5.74) is 9.76. The molecular weight excluding hydrogens is 324 g/mol.